The summed E-state index contributed by atoms with van der Waals surface area (Å²) in [6.07, 6.45) is 0. The van der Waals surface area contributed by atoms with E-state index in [4.69, 9.17) is 22.1 Å². The Labute approximate surface area is 201 Å². The minimum absolute atomic E-state index is 0.169. The summed E-state index contributed by atoms with van der Waals surface area (Å²) in [5.41, 5.74) is 7.96. The average molecular weight is 483 g/mol. The molecule has 0 saturated carbocycles. The molecule has 0 aliphatic rings. The van der Waals surface area contributed by atoms with Gasteiger partial charge in [-0.05, 0) is 42.8 Å². The quantitative estimate of drug-likeness (QED) is 0.306. The van der Waals surface area contributed by atoms with E-state index in [0.29, 0.717) is 16.6 Å². The zero-order chi connectivity index (χ0) is 22.6. The first-order valence-corrected chi connectivity index (χ1v) is 12.1. The lowest BCUT2D eigenvalue weighted by Gasteiger charge is -2.17. The summed E-state index contributed by atoms with van der Waals surface area (Å²) in [5, 5.41) is 12.7. The van der Waals surface area contributed by atoms with Crippen LogP contribution in [-0.4, -0.2) is 16.7 Å². The largest absolute Gasteiger partial charge is 0.489 e. The molecular formula is C25H23ClN2O2S2. The molecule has 1 aromatic heterocycles. The molecule has 0 amide bonds. The van der Waals surface area contributed by atoms with E-state index in [1.54, 1.807) is 18.7 Å². The van der Waals surface area contributed by atoms with Crippen molar-refractivity contribution in [3.63, 3.8) is 0 Å². The number of benzene rings is 3. The van der Waals surface area contributed by atoms with Gasteiger partial charge in [0.25, 0.3) is 0 Å². The molecule has 7 heteroatoms. The molecule has 1 atom stereocenters. The third-order valence-electron chi connectivity index (χ3n) is 4.83. The van der Waals surface area contributed by atoms with Gasteiger partial charge in [0.1, 0.15) is 17.4 Å². The first-order valence-electron chi connectivity index (χ1n) is 10.0. The van der Waals surface area contributed by atoms with Gasteiger partial charge in [0.15, 0.2) is 0 Å². The fraction of sp³-hybridized carbons (Fsp3) is 0.160. The Hall–Kier alpha value is -2.35. The summed E-state index contributed by atoms with van der Waals surface area (Å²) in [6, 6.07) is 24.0. The zero-order valence-electron chi connectivity index (χ0n) is 17.5. The smallest absolute Gasteiger partial charge is 0.120 e. The summed E-state index contributed by atoms with van der Waals surface area (Å²) in [5.74, 6) is 0.824. The lowest BCUT2D eigenvalue weighted by atomic mass is 10.1. The molecule has 0 aliphatic carbocycles. The molecule has 164 valence electrons. The fourth-order valence-electron chi connectivity index (χ4n) is 3.00. The highest BCUT2D eigenvalue weighted by molar-refractivity contribution is 7.99. The van der Waals surface area contributed by atoms with Crippen LogP contribution in [0.5, 0.6) is 5.75 Å². The Kier molecular flexibility index (Phi) is 7.18. The molecule has 3 aromatic carbocycles. The molecule has 0 unspecified atom stereocenters. The lowest BCUT2D eigenvalue weighted by molar-refractivity contribution is 0.210. The highest BCUT2D eigenvalue weighted by Crippen LogP contribution is 2.37. The van der Waals surface area contributed by atoms with E-state index < -0.39 is 5.54 Å². The maximum Gasteiger partial charge on any atom is 0.120 e. The number of rotatable bonds is 8. The predicted molar refractivity (Wildman–Crippen MR) is 133 cm³/mol. The van der Waals surface area contributed by atoms with Crippen LogP contribution in [0, 0.1) is 0 Å². The van der Waals surface area contributed by atoms with Crippen molar-refractivity contribution in [2.24, 2.45) is 5.73 Å². The van der Waals surface area contributed by atoms with Gasteiger partial charge < -0.3 is 15.6 Å². The number of thiazole rings is 1. The summed E-state index contributed by atoms with van der Waals surface area (Å²) < 4.78 is 5.94. The van der Waals surface area contributed by atoms with Crippen LogP contribution < -0.4 is 10.5 Å². The van der Waals surface area contributed by atoms with Crippen molar-refractivity contribution in [3.8, 4) is 17.0 Å². The molecule has 0 fully saturated rings. The highest BCUT2D eigenvalue weighted by Gasteiger charge is 2.24. The van der Waals surface area contributed by atoms with Crippen LogP contribution in [0.25, 0.3) is 11.3 Å². The average Bonchev–Trinajstić information content (AvgIpc) is 3.30. The molecule has 3 N–H and O–H groups in total. The zero-order valence-corrected chi connectivity index (χ0v) is 19.9. The number of hydrogen-bond acceptors (Lipinski definition) is 6. The van der Waals surface area contributed by atoms with E-state index in [0.717, 1.165) is 32.4 Å². The van der Waals surface area contributed by atoms with Crippen LogP contribution in [-0.2, 0) is 12.1 Å². The molecule has 0 bridgehead atoms. The number of aliphatic hydroxyl groups is 1. The second-order valence-corrected chi connectivity index (χ2v) is 10.0. The summed E-state index contributed by atoms with van der Waals surface area (Å²) in [7, 11) is 0. The second-order valence-electron chi connectivity index (χ2n) is 7.61. The van der Waals surface area contributed by atoms with Gasteiger partial charge in [0.2, 0.25) is 0 Å². The molecule has 0 saturated heterocycles. The Balaban J connectivity index is 1.46. The van der Waals surface area contributed by atoms with Gasteiger partial charge in [-0.15, -0.1) is 11.3 Å². The summed E-state index contributed by atoms with van der Waals surface area (Å²) in [4.78, 5) is 6.67. The Morgan fingerprint density at radius 3 is 2.59 bits per heavy atom. The number of aliphatic hydroxyl groups excluding tert-OH is 1. The minimum Gasteiger partial charge on any atom is -0.489 e. The first-order chi connectivity index (χ1) is 15.4. The molecule has 0 spiro atoms. The molecule has 4 nitrogen and oxygen atoms in total. The van der Waals surface area contributed by atoms with E-state index in [1.165, 1.54) is 11.3 Å². The van der Waals surface area contributed by atoms with Crippen molar-refractivity contribution >= 4 is 34.7 Å². The third kappa shape index (κ3) is 5.52. The summed E-state index contributed by atoms with van der Waals surface area (Å²) >= 11 is 9.62. The third-order valence-corrected chi connectivity index (χ3v) is 7.24. The molecule has 32 heavy (non-hydrogen) atoms. The maximum absolute atomic E-state index is 9.47. The molecule has 4 rings (SSSR count). The number of aromatic nitrogens is 1. The topological polar surface area (TPSA) is 68.4 Å². The lowest BCUT2D eigenvalue weighted by Crippen LogP contribution is -2.36. The van der Waals surface area contributed by atoms with Gasteiger partial charge in [-0.25, -0.2) is 4.98 Å². The number of nitrogens with zero attached hydrogens (tertiary/aromatic N) is 1. The van der Waals surface area contributed by atoms with Gasteiger partial charge in [-0.3, -0.25) is 0 Å². The molecule has 0 radical (unpaired) electrons. The number of halogens is 1. The van der Waals surface area contributed by atoms with E-state index in [9.17, 15) is 5.11 Å². The number of ether oxygens (including phenoxy) is 1. The maximum atomic E-state index is 9.47. The van der Waals surface area contributed by atoms with Gasteiger partial charge in [-0.1, -0.05) is 65.8 Å². The SMILES string of the molecule is C[C@](N)(CO)c1nc(-c2ccc(Sc3cccc(OCc4ccccc4)c3)cc2Cl)cs1. The van der Waals surface area contributed by atoms with Crippen molar-refractivity contribution < 1.29 is 9.84 Å². The Bertz CT molecular complexity index is 1200. The van der Waals surface area contributed by atoms with E-state index >= 15 is 0 Å². The second kappa shape index (κ2) is 10.1. The van der Waals surface area contributed by atoms with Crippen molar-refractivity contribution in [1.82, 2.24) is 4.98 Å². The van der Waals surface area contributed by atoms with Gasteiger partial charge in [0, 0.05) is 20.7 Å². The molecular weight excluding hydrogens is 460 g/mol. The van der Waals surface area contributed by atoms with Crippen LogP contribution in [0.4, 0.5) is 0 Å². The van der Waals surface area contributed by atoms with Gasteiger partial charge in [-0.2, -0.15) is 0 Å². The van der Waals surface area contributed by atoms with Crippen molar-refractivity contribution in [3.05, 3.63) is 93.8 Å². The normalized spacial score (nSPS) is 13.0. The van der Waals surface area contributed by atoms with Crippen LogP contribution in [0.3, 0.4) is 0 Å². The monoisotopic (exact) mass is 482 g/mol. The number of nitrogens with two attached hydrogens (primary N) is 1. The van der Waals surface area contributed by atoms with Crippen LogP contribution in [0.15, 0.2) is 88.0 Å². The van der Waals surface area contributed by atoms with Crippen molar-refractivity contribution in [1.29, 1.82) is 0 Å². The van der Waals surface area contributed by atoms with Gasteiger partial charge in [0.05, 0.1) is 22.9 Å². The van der Waals surface area contributed by atoms with Crippen LogP contribution >= 0.6 is 34.7 Å². The van der Waals surface area contributed by atoms with Crippen LogP contribution in [0.1, 0.15) is 17.5 Å². The molecule has 4 aromatic rings. The Morgan fingerprint density at radius 2 is 1.84 bits per heavy atom. The van der Waals surface area contributed by atoms with Crippen molar-refractivity contribution in [2.75, 3.05) is 6.61 Å². The van der Waals surface area contributed by atoms with E-state index in [-0.39, 0.29) is 6.61 Å². The fourth-order valence-corrected chi connectivity index (χ4v) is 5.14. The first kappa shape index (κ1) is 22.8. The molecule has 1 heterocycles. The van der Waals surface area contributed by atoms with E-state index in [2.05, 4.69) is 4.98 Å². The molecule has 0 aliphatic heterocycles. The number of hydrogen-bond donors (Lipinski definition) is 2. The van der Waals surface area contributed by atoms with Gasteiger partial charge >= 0.3 is 0 Å². The Morgan fingerprint density at radius 1 is 1.06 bits per heavy atom. The summed E-state index contributed by atoms with van der Waals surface area (Å²) in [6.45, 7) is 2.12. The standard InChI is InChI=1S/C25H23ClN2O2S2/c1-25(27,16-29)24-28-23(15-31-24)21-11-10-20(13-22(21)26)32-19-9-5-8-18(12-19)30-14-17-6-3-2-4-7-17/h2-13,15,29H,14,16,27H2,1H3/t25-/m0/s1. The van der Waals surface area contributed by atoms with Crippen LogP contribution in [0.2, 0.25) is 5.02 Å². The highest BCUT2D eigenvalue weighted by atomic mass is 35.5. The van der Waals surface area contributed by atoms with E-state index in [1.807, 2.05) is 78.2 Å². The minimum atomic E-state index is -0.862. The predicted octanol–water partition coefficient (Wildman–Crippen LogP) is 6.36. The van der Waals surface area contributed by atoms with Crippen molar-refractivity contribution in [2.45, 2.75) is 28.9 Å².